The van der Waals surface area contributed by atoms with Crippen LogP contribution in [0, 0.1) is 6.92 Å². The number of hydrogen-bond donors (Lipinski definition) is 1. The summed E-state index contributed by atoms with van der Waals surface area (Å²) in [5.74, 6) is -0.758. The Kier molecular flexibility index (Phi) is 4.34. The number of fused-ring (bicyclic) bond motifs is 1. The largest absolute Gasteiger partial charge is 0.857 e. The van der Waals surface area contributed by atoms with Crippen molar-refractivity contribution in [2.75, 3.05) is 5.73 Å². The van der Waals surface area contributed by atoms with Crippen molar-refractivity contribution in [3.63, 3.8) is 0 Å². The van der Waals surface area contributed by atoms with E-state index in [1.54, 1.807) is 0 Å². The molecule has 0 aromatic carbocycles. The van der Waals surface area contributed by atoms with E-state index in [1.807, 2.05) is 13.8 Å². The van der Waals surface area contributed by atoms with Crippen LogP contribution in [0.3, 0.4) is 0 Å². The van der Waals surface area contributed by atoms with Gasteiger partial charge in [0.2, 0.25) is 5.27 Å². The van der Waals surface area contributed by atoms with Gasteiger partial charge in [0.05, 0.1) is 10.6 Å². The topological polar surface area (TPSA) is 104 Å². The number of thiophene rings is 1. The van der Waals surface area contributed by atoms with Gasteiger partial charge < -0.3 is 10.8 Å². The highest BCUT2D eigenvalue weighted by atomic mass is 32.1. The van der Waals surface area contributed by atoms with Crippen LogP contribution in [-0.2, 0) is 6.18 Å². The Hall–Kier alpha value is -2.69. The van der Waals surface area contributed by atoms with E-state index in [0.29, 0.717) is 5.39 Å². The Morgan fingerprint density at radius 1 is 1.42 bits per heavy atom. The van der Waals surface area contributed by atoms with Crippen LogP contribution in [0.25, 0.3) is 10.2 Å². The molecule has 3 aromatic rings. The van der Waals surface area contributed by atoms with Crippen LogP contribution in [0.2, 0.25) is 0 Å². The van der Waals surface area contributed by atoms with E-state index in [1.165, 1.54) is 17.8 Å². The highest BCUT2D eigenvalue weighted by molar-refractivity contribution is 7.21. The summed E-state index contributed by atoms with van der Waals surface area (Å²) in [6, 6.07) is 0.915. The molecule has 26 heavy (non-hydrogen) atoms. The summed E-state index contributed by atoms with van der Waals surface area (Å²) in [5, 5.41) is 16.4. The zero-order chi connectivity index (χ0) is 19.2. The Labute approximate surface area is 149 Å². The number of aliphatic imine (C=N–C) groups is 1. The van der Waals surface area contributed by atoms with Crippen LogP contribution in [0.5, 0.6) is 0 Å². The lowest BCUT2D eigenvalue weighted by molar-refractivity contribution is -0.779. The zero-order valence-electron chi connectivity index (χ0n) is 14.0. The smallest absolute Gasteiger partial charge is 0.433 e. The van der Waals surface area contributed by atoms with Crippen LogP contribution in [0.1, 0.15) is 36.0 Å². The molecule has 0 spiro atoms. The first-order valence-corrected chi connectivity index (χ1v) is 8.30. The maximum absolute atomic E-state index is 12.9. The quantitative estimate of drug-likeness (QED) is 0.424. The number of rotatable bonds is 3. The summed E-state index contributed by atoms with van der Waals surface area (Å²) in [5.41, 5.74) is 5.26. The fourth-order valence-electron chi connectivity index (χ4n) is 2.31. The molecule has 7 nitrogen and oxygen atoms in total. The molecule has 0 amide bonds. The van der Waals surface area contributed by atoms with Crippen molar-refractivity contribution >= 4 is 39.0 Å². The van der Waals surface area contributed by atoms with Crippen LogP contribution in [0.4, 0.5) is 24.7 Å². The maximum Gasteiger partial charge on any atom is 0.433 e. The second kappa shape index (κ2) is 6.24. The van der Waals surface area contributed by atoms with E-state index in [4.69, 9.17) is 10.3 Å². The second-order valence-electron chi connectivity index (χ2n) is 5.88. The lowest BCUT2D eigenvalue weighted by Crippen LogP contribution is -2.36. The van der Waals surface area contributed by atoms with Crippen molar-refractivity contribution in [2.45, 2.75) is 33.0 Å². The number of anilines is 1. The third-order valence-corrected chi connectivity index (χ3v) is 4.68. The van der Waals surface area contributed by atoms with Gasteiger partial charge in [0.15, 0.2) is 6.04 Å². The highest BCUT2D eigenvalue weighted by Gasteiger charge is 2.33. The van der Waals surface area contributed by atoms with Gasteiger partial charge in [-0.15, -0.1) is 11.3 Å². The fourth-order valence-corrected chi connectivity index (χ4v) is 3.36. The van der Waals surface area contributed by atoms with Crippen molar-refractivity contribution in [1.29, 1.82) is 0 Å². The van der Waals surface area contributed by atoms with Gasteiger partial charge in [-0.25, -0.2) is 9.98 Å². The number of alkyl halides is 3. The molecule has 3 heterocycles. The number of nitrogen functional groups attached to an aromatic ring is 1. The predicted molar refractivity (Wildman–Crippen MR) is 87.1 cm³/mol. The summed E-state index contributed by atoms with van der Waals surface area (Å²) in [6.07, 6.45) is -3.14. The SMILES string of the molecule is Cc1cc(C(F)(F)F)nc2sc(/C([O-])=N/c3c[n+](C(C)C)no3)c(N)c12. The average molecular weight is 385 g/mol. The van der Waals surface area contributed by atoms with Gasteiger partial charge in [-0.2, -0.15) is 13.2 Å². The Bertz CT molecular complexity index is 1010. The number of nitrogens with two attached hydrogens (primary N) is 1. The van der Waals surface area contributed by atoms with Gasteiger partial charge in [-0.3, -0.25) is 4.52 Å². The number of aromatic nitrogens is 3. The van der Waals surface area contributed by atoms with Gasteiger partial charge in [0.25, 0.3) is 6.20 Å². The molecule has 3 aromatic heterocycles. The van der Waals surface area contributed by atoms with E-state index in [0.717, 1.165) is 17.4 Å². The summed E-state index contributed by atoms with van der Waals surface area (Å²) in [6.45, 7) is 5.21. The van der Waals surface area contributed by atoms with Gasteiger partial charge >= 0.3 is 12.1 Å². The minimum Gasteiger partial charge on any atom is -0.857 e. The molecule has 0 atom stereocenters. The van der Waals surface area contributed by atoms with Gasteiger partial charge in [0, 0.05) is 11.3 Å². The summed E-state index contributed by atoms with van der Waals surface area (Å²) < 4.78 is 45.2. The maximum atomic E-state index is 12.9. The first-order chi connectivity index (χ1) is 12.1. The molecule has 138 valence electrons. The second-order valence-corrected chi connectivity index (χ2v) is 6.88. The van der Waals surface area contributed by atoms with Crippen LogP contribution in [0.15, 0.2) is 21.8 Å². The van der Waals surface area contributed by atoms with Crippen molar-refractivity contribution in [3.8, 4) is 0 Å². The number of aryl methyl sites for hydroxylation is 1. The molecule has 0 unspecified atom stereocenters. The van der Waals surface area contributed by atoms with Crippen molar-refractivity contribution < 1.29 is 27.5 Å². The van der Waals surface area contributed by atoms with Crippen LogP contribution >= 0.6 is 11.3 Å². The van der Waals surface area contributed by atoms with E-state index in [9.17, 15) is 18.3 Å². The molecule has 0 saturated carbocycles. The van der Waals surface area contributed by atoms with Gasteiger partial charge in [-0.05, 0) is 37.1 Å². The first-order valence-electron chi connectivity index (χ1n) is 7.49. The van der Waals surface area contributed by atoms with Crippen molar-refractivity contribution in [3.05, 3.63) is 28.4 Å². The molecule has 0 aliphatic rings. The Balaban J connectivity index is 2.08. The van der Waals surface area contributed by atoms with E-state index >= 15 is 0 Å². The first kappa shape index (κ1) is 18.1. The molecule has 0 fully saturated rings. The molecule has 0 radical (unpaired) electrons. The number of halogens is 3. The van der Waals surface area contributed by atoms with Gasteiger partial charge in [-0.1, -0.05) is 0 Å². The van der Waals surface area contributed by atoms with Crippen LogP contribution in [-0.4, -0.2) is 16.2 Å². The number of pyridine rings is 1. The van der Waals surface area contributed by atoms with E-state index in [2.05, 4.69) is 15.2 Å². The third-order valence-electron chi connectivity index (χ3n) is 3.59. The molecule has 3 rings (SSSR count). The zero-order valence-corrected chi connectivity index (χ0v) is 14.8. The third kappa shape index (κ3) is 3.21. The molecule has 0 saturated heterocycles. The normalized spacial score (nSPS) is 13.1. The van der Waals surface area contributed by atoms with Crippen molar-refractivity contribution in [1.82, 2.24) is 10.3 Å². The Morgan fingerprint density at radius 2 is 2.12 bits per heavy atom. The monoisotopic (exact) mass is 385 g/mol. The number of nitrogens with zero attached hydrogens (tertiary/aromatic N) is 4. The van der Waals surface area contributed by atoms with Crippen LogP contribution < -0.4 is 15.5 Å². The van der Waals surface area contributed by atoms with E-state index in [-0.39, 0.29) is 32.9 Å². The average Bonchev–Trinajstić information content (AvgIpc) is 3.11. The fraction of sp³-hybridized carbons (Fsp3) is 0.333. The molecule has 11 heteroatoms. The summed E-state index contributed by atoms with van der Waals surface area (Å²) in [4.78, 5) is 7.40. The Morgan fingerprint density at radius 3 is 2.69 bits per heavy atom. The minimum absolute atomic E-state index is 0.00224. The summed E-state index contributed by atoms with van der Waals surface area (Å²) in [7, 11) is 0. The lowest BCUT2D eigenvalue weighted by Gasteiger charge is -2.08. The molecule has 0 aliphatic carbocycles. The van der Waals surface area contributed by atoms with Gasteiger partial charge in [0.1, 0.15) is 10.5 Å². The minimum atomic E-state index is -4.59. The summed E-state index contributed by atoms with van der Waals surface area (Å²) >= 11 is 0.761. The molecular weight excluding hydrogens is 371 g/mol. The number of hydrogen-bond acceptors (Lipinski definition) is 7. The molecule has 2 N–H and O–H groups in total. The van der Waals surface area contributed by atoms with E-state index < -0.39 is 17.8 Å². The molecule has 0 aliphatic heterocycles. The van der Waals surface area contributed by atoms with Crippen molar-refractivity contribution in [2.24, 2.45) is 4.99 Å². The lowest BCUT2D eigenvalue weighted by atomic mass is 10.1. The highest BCUT2D eigenvalue weighted by Crippen LogP contribution is 2.38. The standard InChI is InChI=1S/C15H14F3N5O2S/c1-6(2)23-5-9(25-22-23)21-13(24)12-11(19)10-7(3)4-8(15(16,17)18)20-14(10)26-12/h4-6H,1-3H3,(H2-,19,21,22,24). The predicted octanol–water partition coefficient (Wildman–Crippen LogP) is 2.50. The molecule has 0 bridgehead atoms. The molecular formula is C15H14F3N5O2S.